The summed E-state index contributed by atoms with van der Waals surface area (Å²) in [5.41, 5.74) is 2.09. The van der Waals surface area contributed by atoms with E-state index in [1.54, 1.807) is 38.5 Å². The second-order valence-corrected chi connectivity index (χ2v) is 6.89. The van der Waals surface area contributed by atoms with E-state index in [2.05, 4.69) is 5.10 Å². The van der Waals surface area contributed by atoms with Crippen LogP contribution < -0.4 is 9.47 Å². The van der Waals surface area contributed by atoms with Crippen molar-refractivity contribution in [1.29, 1.82) is 0 Å². The number of ether oxygens (including phenoxy) is 2. The molecule has 0 saturated carbocycles. The molecule has 0 saturated heterocycles. The Hall–Kier alpha value is -3.06. The van der Waals surface area contributed by atoms with Crippen LogP contribution in [0.4, 0.5) is 0 Å². The van der Waals surface area contributed by atoms with E-state index < -0.39 is 12.0 Å². The van der Waals surface area contributed by atoms with Gasteiger partial charge in [0.05, 0.1) is 32.4 Å². The summed E-state index contributed by atoms with van der Waals surface area (Å²) in [7, 11) is 3.12. The molecule has 0 aromatic heterocycles. The lowest BCUT2D eigenvalue weighted by Crippen LogP contribution is -2.27. The van der Waals surface area contributed by atoms with Crippen molar-refractivity contribution < 1.29 is 24.2 Å². The molecule has 3 rings (SSSR count). The van der Waals surface area contributed by atoms with Crippen molar-refractivity contribution in [2.24, 2.45) is 5.10 Å². The number of hydrogen-bond donors (Lipinski definition) is 1. The van der Waals surface area contributed by atoms with Gasteiger partial charge < -0.3 is 14.6 Å². The predicted molar refractivity (Wildman–Crippen MR) is 109 cm³/mol. The van der Waals surface area contributed by atoms with E-state index >= 15 is 0 Å². The van der Waals surface area contributed by atoms with Crippen LogP contribution in [-0.4, -0.2) is 41.9 Å². The maximum absolute atomic E-state index is 12.8. The van der Waals surface area contributed by atoms with E-state index in [0.29, 0.717) is 34.2 Å². The van der Waals surface area contributed by atoms with E-state index in [-0.39, 0.29) is 18.7 Å². The standard InChI is InChI=1S/C21H21ClN2O5/c1-28-13-7-8-19(29-2)15(11-13)17-12-18(14-5-3-4-6-16(14)22)24(23-17)20(25)9-10-21(26)27/h3-8,11,18H,9-10,12H2,1-2H3,(H,26,27)/t18-/m1/s1. The molecule has 0 bridgehead atoms. The molecule has 0 spiro atoms. The van der Waals surface area contributed by atoms with Crippen LogP contribution in [0.1, 0.15) is 36.4 Å². The summed E-state index contributed by atoms with van der Waals surface area (Å²) in [5, 5.41) is 15.3. The number of carboxylic acids is 1. The average Bonchev–Trinajstić information content (AvgIpc) is 3.16. The number of carbonyl (C=O) groups is 2. The van der Waals surface area contributed by atoms with Crippen LogP contribution in [0.25, 0.3) is 0 Å². The molecule has 152 valence electrons. The van der Waals surface area contributed by atoms with Gasteiger partial charge in [-0.2, -0.15) is 5.10 Å². The molecular weight excluding hydrogens is 396 g/mol. The minimum absolute atomic E-state index is 0.150. The summed E-state index contributed by atoms with van der Waals surface area (Å²) in [6.45, 7) is 0. The Labute approximate surface area is 173 Å². The topological polar surface area (TPSA) is 88.4 Å². The Kier molecular flexibility index (Phi) is 6.39. The highest BCUT2D eigenvalue weighted by Gasteiger charge is 2.35. The molecule has 0 fully saturated rings. The molecule has 1 atom stereocenters. The Morgan fingerprint density at radius 1 is 1.17 bits per heavy atom. The van der Waals surface area contributed by atoms with E-state index in [0.717, 1.165) is 5.56 Å². The van der Waals surface area contributed by atoms with Gasteiger partial charge in [0.15, 0.2) is 0 Å². The zero-order valence-electron chi connectivity index (χ0n) is 16.1. The zero-order chi connectivity index (χ0) is 21.0. The summed E-state index contributed by atoms with van der Waals surface area (Å²) in [4.78, 5) is 23.7. The molecule has 0 unspecified atom stereocenters. The van der Waals surface area contributed by atoms with Crippen molar-refractivity contribution >= 4 is 29.2 Å². The van der Waals surface area contributed by atoms with Crippen molar-refractivity contribution in [1.82, 2.24) is 5.01 Å². The third kappa shape index (κ3) is 4.51. The van der Waals surface area contributed by atoms with Crippen LogP contribution in [0.3, 0.4) is 0 Å². The lowest BCUT2D eigenvalue weighted by molar-refractivity contribution is -0.141. The van der Waals surface area contributed by atoms with Crippen molar-refractivity contribution in [2.45, 2.75) is 25.3 Å². The third-order valence-corrected chi connectivity index (χ3v) is 5.04. The number of nitrogens with zero attached hydrogens (tertiary/aromatic N) is 2. The fraction of sp³-hybridized carbons (Fsp3) is 0.286. The van der Waals surface area contributed by atoms with Gasteiger partial charge in [0.1, 0.15) is 11.5 Å². The van der Waals surface area contributed by atoms with Crippen molar-refractivity contribution in [2.75, 3.05) is 14.2 Å². The Morgan fingerprint density at radius 2 is 1.93 bits per heavy atom. The fourth-order valence-electron chi connectivity index (χ4n) is 3.26. The number of benzene rings is 2. The number of halogens is 1. The zero-order valence-corrected chi connectivity index (χ0v) is 16.8. The first kappa shape index (κ1) is 20.7. The lowest BCUT2D eigenvalue weighted by atomic mass is 9.97. The minimum Gasteiger partial charge on any atom is -0.497 e. The highest BCUT2D eigenvalue weighted by atomic mass is 35.5. The summed E-state index contributed by atoms with van der Waals surface area (Å²) < 4.78 is 10.8. The first-order valence-electron chi connectivity index (χ1n) is 9.02. The van der Waals surface area contributed by atoms with E-state index in [9.17, 15) is 9.59 Å². The number of amides is 1. The van der Waals surface area contributed by atoms with Gasteiger partial charge in [-0.3, -0.25) is 9.59 Å². The van der Waals surface area contributed by atoms with Gasteiger partial charge in [0.25, 0.3) is 0 Å². The first-order chi connectivity index (χ1) is 13.9. The van der Waals surface area contributed by atoms with Crippen molar-refractivity contribution in [3.05, 3.63) is 58.6 Å². The Balaban J connectivity index is 2.01. The fourth-order valence-corrected chi connectivity index (χ4v) is 3.52. The highest BCUT2D eigenvalue weighted by molar-refractivity contribution is 6.31. The quantitative estimate of drug-likeness (QED) is 0.739. The van der Waals surface area contributed by atoms with Crippen LogP contribution in [-0.2, 0) is 9.59 Å². The van der Waals surface area contributed by atoms with Gasteiger partial charge in [-0.15, -0.1) is 0 Å². The molecule has 1 amide bonds. The number of hydrogen-bond acceptors (Lipinski definition) is 5. The molecule has 0 radical (unpaired) electrons. The van der Waals surface area contributed by atoms with Crippen LogP contribution in [0.15, 0.2) is 47.6 Å². The molecule has 0 aliphatic carbocycles. The Morgan fingerprint density at radius 3 is 2.59 bits per heavy atom. The third-order valence-electron chi connectivity index (χ3n) is 4.70. The lowest BCUT2D eigenvalue weighted by Gasteiger charge is -2.22. The number of methoxy groups -OCH3 is 2. The average molecular weight is 417 g/mol. The number of carboxylic acid groups (broad SMARTS) is 1. The summed E-state index contributed by atoms with van der Waals surface area (Å²) in [6, 6.07) is 12.2. The molecule has 1 aliphatic rings. The normalized spacial score (nSPS) is 15.8. The smallest absolute Gasteiger partial charge is 0.303 e. The number of carbonyl (C=O) groups excluding carboxylic acids is 1. The second-order valence-electron chi connectivity index (χ2n) is 6.49. The maximum atomic E-state index is 12.8. The van der Waals surface area contributed by atoms with E-state index in [1.807, 2.05) is 18.2 Å². The largest absolute Gasteiger partial charge is 0.497 e. The molecule has 7 nitrogen and oxygen atoms in total. The SMILES string of the molecule is COc1ccc(OC)c(C2=NN(C(=O)CCC(=O)O)[C@@H](c3ccccc3Cl)C2)c1. The number of rotatable bonds is 7. The minimum atomic E-state index is -1.04. The van der Waals surface area contributed by atoms with Gasteiger partial charge in [-0.1, -0.05) is 29.8 Å². The first-order valence-corrected chi connectivity index (χ1v) is 9.40. The van der Waals surface area contributed by atoms with Gasteiger partial charge >= 0.3 is 5.97 Å². The molecule has 1 heterocycles. The number of aliphatic carboxylic acids is 1. The van der Waals surface area contributed by atoms with Crippen LogP contribution in [0.2, 0.25) is 5.02 Å². The van der Waals surface area contributed by atoms with Gasteiger partial charge in [0, 0.05) is 23.4 Å². The maximum Gasteiger partial charge on any atom is 0.303 e. The predicted octanol–water partition coefficient (Wildman–Crippen LogP) is 3.90. The molecule has 29 heavy (non-hydrogen) atoms. The molecule has 1 N–H and O–H groups in total. The molecule has 8 heteroatoms. The summed E-state index contributed by atoms with van der Waals surface area (Å²) >= 11 is 6.37. The monoisotopic (exact) mass is 416 g/mol. The van der Waals surface area contributed by atoms with Gasteiger partial charge in [-0.05, 0) is 29.8 Å². The van der Waals surface area contributed by atoms with Crippen molar-refractivity contribution in [3.8, 4) is 11.5 Å². The van der Waals surface area contributed by atoms with Crippen LogP contribution >= 0.6 is 11.6 Å². The van der Waals surface area contributed by atoms with Crippen LogP contribution in [0.5, 0.6) is 11.5 Å². The van der Waals surface area contributed by atoms with Crippen molar-refractivity contribution in [3.63, 3.8) is 0 Å². The molecular formula is C21H21ClN2O5. The van der Waals surface area contributed by atoms with Gasteiger partial charge in [0.2, 0.25) is 5.91 Å². The Bertz CT molecular complexity index is 960. The van der Waals surface area contributed by atoms with Gasteiger partial charge in [-0.25, -0.2) is 5.01 Å². The molecule has 1 aliphatic heterocycles. The second kappa shape index (κ2) is 8.96. The molecule has 2 aromatic carbocycles. The van der Waals surface area contributed by atoms with Crippen LogP contribution in [0, 0.1) is 0 Å². The summed E-state index contributed by atoms with van der Waals surface area (Å²) in [5.74, 6) is -0.185. The number of hydrazone groups is 1. The summed E-state index contributed by atoms with van der Waals surface area (Å²) in [6.07, 6.45) is -0.00765. The van der Waals surface area contributed by atoms with E-state index in [1.165, 1.54) is 5.01 Å². The van der Waals surface area contributed by atoms with E-state index in [4.69, 9.17) is 26.2 Å². The highest BCUT2D eigenvalue weighted by Crippen LogP contribution is 2.38. The molecule has 2 aromatic rings.